The van der Waals surface area contributed by atoms with Crippen LogP contribution in [0, 0.1) is 0 Å². The van der Waals surface area contributed by atoms with Crippen LogP contribution < -0.4 is 16.0 Å². The molecule has 0 spiro atoms. The predicted molar refractivity (Wildman–Crippen MR) is 74.5 cm³/mol. The molecule has 0 radical (unpaired) electrons. The van der Waals surface area contributed by atoms with Gasteiger partial charge in [-0.15, -0.1) is 0 Å². The van der Waals surface area contributed by atoms with Gasteiger partial charge < -0.3 is 20.7 Å². The Morgan fingerprint density at radius 3 is 3.16 bits per heavy atom. The topological polar surface area (TPSA) is 62.4 Å². The van der Waals surface area contributed by atoms with Crippen LogP contribution in [0.2, 0.25) is 0 Å². The zero-order valence-corrected chi connectivity index (χ0v) is 10.9. The highest BCUT2D eigenvalue weighted by atomic mass is 16.5. The zero-order valence-electron chi connectivity index (χ0n) is 10.9. The van der Waals surface area contributed by atoms with Gasteiger partial charge in [0.1, 0.15) is 0 Å². The molecule has 3 N–H and O–H groups in total. The maximum atomic E-state index is 11.3. The second-order valence-electron chi connectivity index (χ2n) is 5.00. The molecule has 1 aromatic carbocycles. The average Bonchev–Trinajstić information content (AvgIpc) is 2.46. The van der Waals surface area contributed by atoms with E-state index in [0.29, 0.717) is 6.42 Å². The molecular weight excluding hydrogens is 242 g/mol. The summed E-state index contributed by atoms with van der Waals surface area (Å²) >= 11 is 0. The minimum atomic E-state index is 0.106. The Balaban J connectivity index is 1.60. The molecule has 3 rings (SSSR count). The predicted octanol–water partition coefficient (Wildman–Crippen LogP) is 0.972. The van der Waals surface area contributed by atoms with Crippen molar-refractivity contribution in [1.29, 1.82) is 0 Å². The third kappa shape index (κ3) is 3.05. The van der Waals surface area contributed by atoms with E-state index in [4.69, 9.17) is 4.74 Å². The van der Waals surface area contributed by atoms with E-state index in [1.54, 1.807) is 0 Å². The Bertz CT molecular complexity index is 470. The number of carbonyl (C=O) groups is 1. The fourth-order valence-electron chi connectivity index (χ4n) is 2.48. The van der Waals surface area contributed by atoms with Crippen molar-refractivity contribution in [1.82, 2.24) is 5.32 Å². The number of rotatable bonds is 3. The summed E-state index contributed by atoms with van der Waals surface area (Å²) in [7, 11) is 0. The largest absolute Gasteiger partial charge is 0.382 e. The molecule has 1 aromatic rings. The smallest absolute Gasteiger partial charge is 0.224 e. The van der Waals surface area contributed by atoms with Crippen LogP contribution >= 0.6 is 0 Å². The van der Waals surface area contributed by atoms with Crippen molar-refractivity contribution in [2.45, 2.75) is 18.9 Å². The minimum absolute atomic E-state index is 0.106. The highest BCUT2D eigenvalue weighted by Gasteiger charge is 2.16. The van der Waals surface area contributed by atoms with E-state index in [0.717, 1.165) is 44.0 Å². The number of hydrogen-bond donors (Lipinski definition) is 3. The summed E-state index contributed by atoms with van der Waals surface area (Å²) in [5.41, 5.74) is 3.23. The monoisotopic (exact) mass is 261 g/mol. The summed E-state index contributed by atoms with van der Waals surface area (Å²) in [6, 6.07) is 6.08. The average molecular weight is 261 g/mol. The number of anilines is 2. The van der Waals surface area contributed by atoms with Crippen LogP contribution in [0.5, 0.6) is 0 Å². The number of amides is 1. The van der Waals surface area contributed by atoms with Crippen LogP contribution in [0.3, 0.4) is 0 Å². The first kappa shape index (κ1) is 12.4. The molecule has 102 valence electrons. The van der Waals surface area contributed by atoms with Crippen molar-refractivity contribution >= 4 is 17.3 Å². The molecule has 2 aliphatic heterocycles. The highest BCUT2D eigenvalue weighted by molar-refractivity contribution is 5.94. The standard InChI is InChI=1S/C14H19N3O2/c18-14-4-1-10-7-11(2-3-13(10)17-14)16-9-12-8-15-5-6-19-12/h2-3,7,12,15-16H,1,4-6,8-9H2,(H,17,18). The number of nitrogens with one attached hydrogen (secondary N) is 3. The van der Waals surface area contributed by atoms with E-state index in [-0.39, 0.29) is 12.0 Å². The van der Waals surface area contributed by atoms with Gasteiger partial charge in [0.05, 0.1) is 12.7 Å². The summed E-state index contributed by atoms with van der Waals surface area (Å²) in [5, 5.41) is 9.60. The van der Waals surface area contributed by atoms with Gasteiger partial charge in [-0.25, -0.2) is 0 Å². The number of morpholine rings is 1. The number of hydrogen-bond acceptors (Lipinski definition) is 4. The van der Waals surface area contributed by atoms with E-state index in [9.17, 15) is 4.79 Å². The molecule has 1 amide bonds. The number of aryl methyl sites for hydroxylation is 1. The van der Waals surface area contributed by atoms with Crippen LogP contribution in [0.25, 0.3) is 0 Å². The molecule has 2 heterocycles. The number of benzene rings is 1. The van der Waals surface area contributed by atoms with Crippen LogP contribution in [0.1, 0.15) is 12.0 Å². The van der Waals surface area contributed by atoms with E-state index in [1.165, 1.54) is 5.56 Å². The van der Waals surface area contributed by atoms with Gasteiger partial charge in [0.2, 0.25) is 5.91 Å². The Morgan fingerprint density at radius 2 is 2.32 bits per heavy atom. The Labute approximate surface area is 112 Å². The molecule has 1 saturated heterocycles. The quantitative estimate of drug-likeness (QED) is 0.759. The molecule has 19 heavy (non-hydrogen) atoms. The molecule has 0 saturated carbocycles. The van der Waals surface area contributed by atoms with E-state index in [1.807, 2.05) is 12.1 Å². The van der Waals surface area contributed by atoms with Gasteiger partial charge in [0.25, 0.3) is 0 Å². The Kier molecular flexibility index (Phi) is 3.66. The maximum absolute atomic E-state index is 11.3. The lowest BCUT2D eigenvalue weighted by atomic mass is 10.0. The summed E-state index contributed by atoms with van der Waals surface area (Å²) < 4.78 is 5.64. The fourth-order valence-corrected chi connectivity index (χ4v) is 2.48. The van der Waals surface area contributed by atoms with Crippen LogP contribution in [0.15, 0.2) is 18.2 Å². The van der Waals surface area contributed by atoms with E-state index < -0.39 is 0 Å². The first-order chi connectivity index (χ1) is 9.31. The van der Waals surface area contributed by atoms with Crippen molar-refractivity contribution in [2.75, 3.05) is 36.9 Å². The van der Waals surface area contributed by atoms with Gasteiger partial charge in [-0.05, 0) is 30.2 Å². The number of ether oxygens (including phenoxy) is 1. The molecule has 5 nitrogen and oxygen atoms in total. The summed E-state index contributed by atoms with van der Waals surface area (Å²) in [4.78, 5) is 11.3. The van der Waals surface area contributed by atoms with Gasteiger partial charge in [0.15, 0.2) is 0 Å². The normalized spacial score (nSPS) is 22.5. The fraction of sp³-hybridized carbons (Fsp3) is 0.500. The lowest BCUT2D eigenvalue weighted by Crippen LogP contribution is -2.42. The molecule has 1 fully saturated rings. The maximum Gasteiger partial charge on any atom is 0.224 e. The molecule has 0 aliphatic carbocycles. The number of carbonyl (C=O) groups excluding carboxylic acids is 1. The van der Waals surface area contributed by atoms with Crippen LogP contribution in [0.4, 0.5) is 11.4 Å². The molecule has 0 aromatic heterocycles. The molecule has 1 atom stereocenters. The summed E-state index contributed by atoms with van der Waals surface area (Å²) in [6.45, 7) is 3.42. The second-order valence-corrected chi connectivity index (χ2v) is 5.00. The van der Waals surface area contributed by atoms with Gasteiger partial charge in [-0.1, -0.05) is 0 Å². The molecule has 2 aliphatic rings. The van der Waals surface area contributed by atoms with Crippen molar-refractivity contribution in [3.05, 3.63) is 23.8 Å². The summed E-state index contributed by atoms with van der Waals surface area (Å²) in [6.07, 6.45) is 1.62. The van der Waals surface area contributed by atoms with Gasteiger partial charge in [-0.2, -0.15) is 0 Å². The number of fused-ring (bicyclic) bond motifs is 1. The first-order valence-electron chi connectivity index (χ1n) is 6.80. The van der Waals surface area contributed by atoms with Gasteiger partial charge in [-0.3, -0.25) is 4.79 Å². The summed E-state index contributed by atoms with van der Waals surface area (Å²) in [5.74, 6) is 0.106. The van der Waals surface area contributed by atoms with Crippen molar-refractivity contribution in [3.63, 3.8) is 0 Å². The molecule has 1 unspecified atom stereocenters. The molecule has 0 bridgehead atoms. The molecule has 5 heteroatoms. The van der Waals surface area contributed by atoms with Crippen molar-refractivity contribution < 1.29 is 9.53 Å². The van der Waals surface area contributed by atoms with Crippen molar-refractivity contribution in [2.24, 2.45) is 0 Å². The third-order valence-electron chi connectivity index (χ3n) is 3.54. The van der Waals surface area contributed by atoms with Crippen LogP contribution in [-0.4, -0.2) is 38.3 Å². The first-order valence-corrected chi connectivity index (χ1v) is 6.80. The minimum Gasteiger partial charge on any atom is -0.382 e. The lowest BCUT2D eigenvalue weighted by molar-refractivity contribution is -0.116. The highest BCUT2D eigenvalue weighted by Crippen LogP contribution is 2.25. The molecular formula is C14H19N3O2. The van der Waals surface area contributed by atoms with Gasteiger partial charge >= 0.3 is 0 Å². The third-order valence-corrected chi connectivity index (χ3v) is 3.54. The van der Waals surface area contributed by atoms with Crippen LogP contribution in [-0.2, 0) is 16.0 Å². The Hall–Kier alpha value is -1.59. The SMILES string of the molecule is O=C1CCc2cc(NCC3CNCCO3)ccc2N1. The Morgan fingerprint density at radius 1 is 1.37 bits per heavy atom. The van der Waals surface area contributed by atoms with Crippen molar-refractivity contribution in [3.8, 4) is 0 Å². The lowest BCUT2D eigenvalue weighted by Gasteiger charge is -2.24. The van der Waals surface area contributed by atoms with E-state index >= 15 is 0 Å². The van der Waals surface area contributed by atoms with Gasteiger partial charge in [0, 0.05) is 37.4 Å². The van der Waals surface area contributed by atoms with E-state index in [2.05, 4.69) is 22.0 Å². The second kappa shape index (κ2) is 5.59. The zero-order chi connectivity index (χ0) is 13.1.